The minimum Gasteiger partial charge on any atom is -0.339 e. The summed E-state index contributed by atoms with van der Waals surface area (Å²) >= 11 is 11.9. The van der Waals surface area contributed by atoms with Crippen molar-refractivity contribution >= 4 is 29.1 Å². The van der Waals surface area contributed by atoms with E-state index in [0.29, 0.717) is 21.5 Å². The Hall–Kier alpha value is -1.58. The lowest BCUT2D eigenvalue weighted by atomic mass is 9.90. The van der Waals surface area contributed by atoms with Crippen LogP contribution in [0.15, 0.2) is 42.5 Å². The molecule has 0 atom stereocenters. The van der Waals surface area contributed by atoms with Crippen LogP contribution in [0.3, 0.4) is 0 Å². The number of piperidine rings is 1. The number of likely N-dealkylation sites (tertiary alicyclic amines) is 1. The molecule has 2 aromatic rings. The van der Waals surface area contributed by atoms with Gasteiger partial charge in [0.05, 0.1) is 10.0 Å². The molecular formula is C19H18Cl2FNO. The first-order valence-corrected chi connectivity index (χ1v) is 8.77. The van der Waals surface area contributed by atoms with Crippen molar-refractivity contribution in [3.8, 4) is 0 Å². The highest BCUT2D eigenvalue weighted by molar-refractivity contribution is 6.42. The standard InChI is InChI=1S/C19H18Cl2FNO/c20-17-6-3-15(12-18(17)21)19(24)23-9-7-14(8-10-23)11-13-1-4-16(22)5-2-13/h1-6,12,14H,7-11H2. The molecule has 2 aromatic carbocycles. The summed E-state index contributed by atoms with van der Waals surface area (Å²) in [6.45, 7) is 1.45. The smallest absolute Gasteiger partial charge is 0.253 e. The Balaban J connectivity index is 1.57. The Kier molecular flexibility index (Phi) is 5.42. The molecule has 1 aliphatic rings. The minimum absolute atomic E-state index is 0.00574. The fraction of sp³-hybridized carbons (Fsp3) is 0.316. The lowest BCUT2D eigenvalue weighted by Crippen LogP contribution is -2.38. The molecule has 126 valence electrons. The number of carbonyl (C=O) groups is 1. The summed E-state index contributed by atoms with van der Waals surface area (Å²) in [5, 5.41) is 0.847. The molecule has 1 fully saturated rings. The normalized spacial score (nSPS) is 15.5. The van der Waals surface area contributed by atoms with Gasteiger partial charge in [0.2, 0.25) is 0 Å². The van der Waals surface area contributed by atoms with Gasteiger partial charge in [-0.1, -0.05) is 35.3 Å². The number of rotatable bonds is 3. The third kappa shape index (κ3) is 4.08. The predicted octanol–water partition coefficient (Wildman–Crippen LogP) is 5.23. The number of hydrogen-bond donors (Lipinski definition) is 0. The van der Waals surface area contributed by atoms with E-state index in [1.54, 1.807) is 18.2 Å². The first-order valence-electron chi connectivity index (χ1n) is 8.01. The third-order valence-corrected chi connectivity index (χ3v) is 5.24. The average Bonchev–Trinajstić information content (AvgIpc) is 2.59. The minimum atomic E-state index is -0.208. The molecule has 24 heavy (non-hydrogen) atoms. The summed E-state index contributed by atoms with van der Waals surface area (Å²) in [6, 6.07) is 11.7. The van der Waals surface area contributed by atoms with Gasteiger partial charge in [-0.05, 0) is 61.1 Å². The summed E-state index contributed by atoms with van der Waals surface area (Å²) < 4.78 is 13.0. The van der Waals surface area contributed by atoms with Gasteiger partial charge in [-0.2, -0.15) is 0 Å². The van der Waals surface area contributed by atoms with Crippen molar-refractivity contribution in [3.63, 3.8) is 0 Å². The van der Waals surface area contributed by atoms with Gasteiger partial charge in [-0.25, -0.2) is 4.39 Å². The molecule has 0 radical (unpaired) electrons. The Labute approximate surface area is 151 Å². The van der Waals surface area contributed by atoms with Gasteiger partial charge in [-0.15, -0.1) is 0 Å². The molecule has 0 bridgehead atoms. The van der Waals surface area contributed by atoms with E-state index >= 15 is 0 Å². The van der Waals surface area contributed by atoms with Gasteiger partial charge in [-0.3, -0.25) is 4.79 Å². The highest BCUT2D eigenvalue weighted by Gasteiger charge is 2.24. The van der Waals surface area contributed by atoms with E-state index in [2.05, 4.69) is 0 Å². The van der Waals surface area contributed by atoms with Crippen LogP contribution in [0.5, 0.6) is 0 Å². The van der Waals surface area contributed by atoms with Crippen LogP contribution in [0.1, 0.15) is 28.8 Å². The Morgan fingerprint density at radius 2 is 1.71 bits per heavy atom. The van der Waals surface area contributed by atoms with E-state index in [1.807, 2.05) is 17.0 Å². The Bertz CT molecular complexity index is 725. The molecule has 0 aromatic heterocycles. The molecule has 1 aliphatic heterocycles. The predicted molar refractivity (Wildman–Crippen MR) is 95.2 cm³/mol. The molecule has 0 spiro atoms. The number of halogens is 3. The van der Waals surface area contributed by atoms with Crippen LogP contribution in [0.25, 0.3) is 0 Å². The first-order chi connectivity index (χ1) is 11.5. The largest absolute Gasteiger partial charge is 0.339 e. The Morgan fingerprint density at radius 1 is 1.04 bits per heavy atom. The summed E-state index contributed by atoms with van der Waals surface area (Å²) in [7, 11) is 0. The zero-order chi connectivity index (χ0) is 17.1. The lowest BCUT2D eigenvalue weighted by molar-refractivity contribution is 0.0690. The van der Waals surface area contributed by atoms with Crippen molar-refractivity contribution in [2.45, 2.75) is 19.3 Å². The van der Waals surface area contributed by atoms with E-state index in [4.69, 9.17) is 23.2 Å². The first kappa shape index (κ1) is 17.2. The maximum atomic E-state index is 13.0. The fourth-order valence-electron chi connectivity index (χ4n) is 3.11. The monoisotopic (exact) mass is 365 g/mol. The molecule has 0 N–H and O–H groups in total. The van der Waals surface area contributed by atoms with Gasteiger partial charge in [0.15, 0.2) is 0 Å². The van der Waals surface area contributed by atoms with Crippen molar-refractivity contribution < 1.29 is 9.18 Å². The molecule has 5 heteroatoms. The number of hydrogen-bond acceptors (Lipinski definition) is 1. The van der Waals surface area contributed by atoms with Gasteiger partial charge in [0, 0.05) is 18.7 Å². The number of amides is 1. The van der Waals surface area contributed by atoms with Gasteiger partial charge in [0.25, 0.3) is 5.91 Å². The highest BCUT2D eigenvalue weighted by atomic mass is 35.5. The van der Waals surface area contributed by atoms with Crippen LogP contribution in [0.4, 0.5) is 4.39 Å². The third-order valence-electron chi connectivity index (χ3n) is 4.51. The topological polar surface area (TPSA) is 20.3 Å². The fourth-order valence-corrected chi connectivity index (χ4v) is 3.40. The zero-order valence-corrected chi connectivity index (χ0v) is 14.7. The number of benzene rings is 2. The van der Waals surface area contributed by atoms with Crippen molar-refractivity contribution in [2.75, 3.05) is 13.1 Å². The molecule has 3 rings (SSSR count). The molecule has 0 aliphatic carbocycles. The maximum Gasteiger partial charge on any atom is 0.253 e. The van der Waals surface area contributed by atoms with Gasteiger partial charge < -0.3 is 4.90 Å². The second-order valence-corrected chi connectivity index (χ2v) is 7.01. The summed E-state index contributed by atoms with van der Waals surface area (Å²) in [5.41, 5.74) is 1.71. The number of nitrogens with zero attached hydrogens (tertiary/aromatic N) is 1. The van der Waals surface area contributed by atoms with Crippen LogP contribution < -0.4 is 0 Å². The lowest BCUT2D eigenvalue weighted by Gasteiger charge is -2.32. The van der Waals surface area contributed by atoms with E-state index in [1.165, 1.54) is 12.1 Å². The molecule has 0 saturated carbocycles. The zero-order valence-electron chi connectivity index (χ0n) is 13.1. The van der Waals surface area contributed by atoms with E-state index in [9.17, 15) is 9.18 Å². The van der Waals surface area contributed by atoms with Crippen molar-refractivity contribution in [3.05, 3.63) is 69.5 Å². The van der Waals surface area contributed by atoms with Crippen LogP contribution in [0.2, 0.25) is 10.0 Å². The second kappa shape index (κ2) is 7.54. The summed E-state index contributed by atoms with van der Waals surface area (Å²) in [4.78, 5) is 14.4. The van der Waals surface area contributed by atoms with E-state index in [-0.39, 0.29) is 11.7 Å². The van der Waals surface area contributed by atoms with Crippen LogP contribution in [0, 0.1) is 11.7 Å². The molecule has 1 saturated heterocycles. The van der Waals surface area contributed by atoms with Crippen LogP contribution >= 0.6 is 23.2 Å². The van der Waals surface area contributed by atoms with E-state index < -0.39 is 0 Å². The molecule has 2 nitrogen and oxygen atoms in total. The van der Waals surface area contributed by atoms with Gasteiger partial charge >= 0.3 is 0 Å². The van der Waals surface area contributed by atoms with Crippen molar-refractivity contribution in [1.82, 2.24) is 4.90 Å². The quantitative estimate of drug-likeness (QED) is 0.729. The highest BCUT2D eigenvalue weighted by Crippen LogP contribution is 2.26. The summed E-state index contributed by atoms with van der Waals surface area (Å²) in [5.74, 6) is 0.308. The molecule has 1 amide bonds. The SMILES string of the molecule is O=C(c1ccc(Cl)c(Cl)c1)N1CCC(Cc2ccc(F)cc2)CC1. The summed E-state index contributed by atoms with van der Waals surface area (Å²) in [6.07, 6.45) is 2.82. The maximum absolute atomic E-state index is 13.0. The van der Waals surface area contributed by atoms with Crippen molar-refractivity contribution in [1.29, 1.82) is 0 Å². The second-order valence-electron chi connectivity index (χ2n) is 6.20. The Morgan fingerprint density at radius 3 is 2.33 bits per heavy atom. The van der Waals surface area contributed by atoms with Crippen LogP contribution in [-0.4, -0.2) is 23.9 Å². The molecule has 0 unspecified atom stereocenters. The van der Waals surface area contributed by atoms with E-state index in [0.717, 1.165) is 37.9 Å². The van der Waals surface area contributed by atoms with Crippen LogP contribution in [-0.2, 0) is 6.42 Å². The van der Waals surface area contributed by atoms with Crippen molar-refractivity contribution in [2.24, 2.45) is 5.92 Å². The average molecular weight is 366 g/mol. The molecule has 1 heterocycles. The molecular weight excluding hydrogens is 348 g/mol. The van der Waals surface area contributed by atoms with Gasteiger partial charge in [0.1, 0.15) is 5.82 Å². The number of carbonyl (C=O) groups excluding carboxylic acids is 1.